The number of benzene rings is 1. The molecule has 1 heterocycles. The van der Waals surface area contributed by atoms with E-state index in [9.17, 15) is 0 Å². The number of nitrogens with zero attached hydrogens (tertiary/aromatic N) is 3. The molecule has 17 heavy (non-hydrogen) atoms. The van der Waals surface area contributed by atoms with Crippen LogP contribution in [0.4, 0.5) is 5.69 Å². The fourth-order valence-corrected chi connectivity index (χ4v) is 1.93. The third kappa shape index (κ3) is 2.66. The van der Waals surface area contributed by atoms with Crippen LogP contribution >= 0.6 is 15.9 Å². The van der Waals surface area contributed by atoms with E-state index in [0.29, 0.717) is 11.6 Å². The molecule has 0 aliphatic rings. The van der Waals surface area contributed by atoms with E-state index in [1.165, 1.54) is 0 Å². The van der Waals surface area contributed by atoms with Crippen molar-refractivity contribution in [2.24, 2.45) is 5.92 Å². The second-order valence-corrected chi connectivity index (χ2v) is 5.29. The lowest BCUT2D eigenvalue weighted by atomic mass is 10.1. The van der Waals surface area contributed by atoms with Gasteiger partial charge in [0.2, 0.25) is 0 Å². The van der Waals surface area contributed by atoms with Gasteiger partial charge in [-0.1, -0.05) is 13.8 Å². The van der Waals surface area contributed by atoms with Crippen LogP contribution in [0.2, 0.25) is 0 Å². The third-order valence-electron chi connectivity index (χ3n) is 2.43. The minimum Gasteiger partial charge on any atom is -0.398 e. The number of rotatable bonds is 3. The van der Waals surface area contributed by atoms with E-state index >= 15 is 0 Å². The number of nitrogens with two attached hydrogens (primary N) is 1. The van der Waals surface area contributed by atoms with Gasteiger partial charge in [0.15, 0.2) is 5.82 Å². The largest absolute Gasteiger partial charge is 0.398 e. The van der Waals surface area contributed by atoms with Crippen LogP contribution < -0.4 is 5.73 Å². The third-order valence-corrected chi connectivity index (χ3v) is 3.15. The molecule has 2 rings (SSSR count). The average molecular weight is 295 g/mol. The Hall–Kier alpha value is -1.36. The highest BCUT2D eigenvalue weighted by atomic mass is 79.9. The Balaban J connectivity index is 2.39. The van der Waals surface area contributed by atoms with E-state index in [1.807, 2.05) is 22.8 Å². The standard InChI is InChI=1S/C12H15BrN4/c1-8(2)6-17-7-15-16-12(17)9-3-4-10(13)11(14)5-9/h3-5,7-8H,6,14H2,1-2H3. The summed E-state index contributed by atoms with van der Waals surface area (Å²) >= 11 is 3.38. The fraction of sp³-hybridized carbons (Fsp3) is 0.333. The highest BCUT2D eigenvalue weighted by Gasteiger charge is 2.09. The van der Waals surface area contributed by atoms with Gasteiger partial charge in [-0.15, -0.1) is 10.2 Å². The minimum atomic E-state index is 0.553. The van der Waals surface area contributed by atoms with Crippen molar-refractivity contribution in [3.63, 3.8) is 0 Å². The van der Waals surface area contributed by atoms with Gasteiger partial charge >= 0.3 is 0 Å². The molecule has 0 bridgehead atoms. The molecule has 5 heteroatoms. The van der Waals surface area contributed by atoms with Crippen molar-refractivity contribution in [3.8, 4) is 11.4 Å². The zero-order valence-corrected chi connectivity index (χ0v) is 11.5. The van der Waals surface area contributed by atoms with E-state index in [1.54, 1.807) is 6.33 Å². The molecule has 0 radical (unpaired) electrons. The lowest BCUT2D eigenvalue weighted by molar-refractivity contribution is 0.525. The van der Waals surface area contributed by atoms with Gasteiger partial charge in [0.25, 0.3) is 0 Å². The first-order chi connectivity index (χ1) is 8.08. The molecule has 2 aromatic rings. The van der Waals surface area contributed by atoms with Gasteiger partial charge in [0.1, 0.15) is 6.33 Å². The molecule has 0 fully saturated rings. The fourth-order valence-electron chi connectivity index (χ4n) is 1.69. The Labute approximate surface area is 109 Å². The highest BCUT2D eigenvalue weighted by Crippen LogP contribution is 2.26. The molecule has 0 spiro atoms. The van der Waals surface area contributed by atoms with Crippen LogP contribution in [-0.4, -0.2) is 14.8 Å². The number of hydrogen-bond acceptors (Lipinski definition) is 3. The van der Waals surface area contributed by atoms with E-state index in [4.69, 9.17) is 5.73 Å². The quantitative estimate of drug-likeness (QED) is 0.886. The number of anilines is 1. The van der Waals surface area contributed by atoms with Crippen molar-refractivity contribution in [2.75, 3.05) is 5.73 Å². The molecule has 0 atom stereocenters. The lowest BCUT2D eigenvalue weighted by Crippen LogP contribution is -2.05. The Bertz CT molecular complexity index is 519. The maximum Gasteiger partial charge on any atom is 0.163 e. The van der Waals surface area contributed by atoms with Gasteiger partial charge < -0.3 is 10.3 Å². The Morgan fingerprint density at radius 1 is 1.41 bits per heavy atom. The molecule has 2 N–H and O–H groups in total. The summed E-state index contributed by atoms with van der Waals surface area (Å²) in [4.78, 5) is 0. The SMILES string of the molecule is CC(C)Cn1cnnc1-c1ccc(Br)c(N)c1. The van der Waals surface area contributed by atoms with Gasteiger partial charge in [-0.05, 0) is 40.0 Å². The van der Waals surface area contributed by atoms with Crippen molar-refractivity contribution in [1.29, 1.82) is 0 Å². The van der Waals surface area contributed by atoms with Crippen molar-refractivity contribution in [3.05, 3.63) is 29.0 Å². The summed E-state index contributed by atoms with van der Waals surface area (Å²) < 4.78 is 2.95. The zero-order chi connectivity index (χ0) is 12.4. The maximum absolute atomic E-state index is 5.87. The van der Waals surface area contributed by atoms with Crippen LogP contribution in [0, 0.1) is 5.92 Å². The molecule has 0 saturated carbocycles. The molecule has 0 saturated heterocycles. The number of hydrogen-bond donors (Lipinski definition) is 1. The summed E-state index contributed by atoms with van der Waals surface area (Å²) in [6.45, 7) is 5.23. The van der Waals surface area contributed by atoms with Gasteiger partial charge in [-0.25, -0.2) is 0 Å². The summed E-state index contributed by atoms with van der Waals surface area (Å²) in [5, 5.41) is 8.12. The van der Waals surface area contributed by atoms with E-state index in [-0.39, 0.29) is 0 Å². The summed E-state index contributed by atoms with van der Waals surface area (Å²) in [6, 6.07) is 5.82. The van der Waals surface area contributed by atoms with Gasteiger partial charge in [0, 0.05) is 22.3 Å². The summed E-state index contributed by atoms with van der Waals surface area (Å²) in [6.07, 6.45) is 1.76. The predicted octanol–water partition coefficient (Wildman–Crippen LogP) is 2.95. The average Bonchev–Trinajstić information content (AvgIpc) is 2.69. The Morgan fingerprint density at radius 2 is 2.18 bits per heavy atom. The smallest absolute Gasteiger partial charge is 0.163 e. The molecule has 0 aliphatic carbocycles. The molecule has 1 aromatic heterocycles. The molecule has 1 aromatic carbocycles. The topological polar surface area (TPSA) is 56.7 Å². The molecule has 0 unspecified atom stereocenters. The summed E-state index contributed by atoms with van der Waals surface area (Å²) in [5.74, 6) is 1.41. The number of nitrogen functional groups attached to an aromatic ring is 1. The predicted molar refractivity (Wildman–Crippen MR) is 72.4 cm³/mol. The van der Waals surface area contributed by atoms with E-state index in [2.05, 4.69) is 40.0 Å². The zero-order valence-electron chi connectivity index (χ0n) is 9.89. The van der Waals surface area contributed by atoms with E-state index in [0.717, 1.165) is 22.4 Å². The van der Waals surface area contributed by atoms with Crippen molar-refractivity contribution < 1.29 is 0 Å². The van der Waals surface area contributed by atoms with Crippen LogP contribution in [0.25, 0.3) is 11.4 Å². The second-order valence-electron chi connectivity index (χ2n) is 4.44. The number of aromatic nitrogens is 3. The molecule has 0 aliphatic heterocycles. The molecular formula is C12H15BrN4. The first-order valence-electron chi connectivity index (χ1n) is 5.51. The molecule has 0 amide bonds. The lowest BCUT2D eigenvalue weighted by Gasteiger charge is -2.09. The Kier molecular flexibility index (Phi) is 3.47. The second kappa shape index (κ2) is 4.87. The molecule has 4 nitrogen and oxygen atoms in total. The summed E-state index contributed by atoms with van der Waals surface area (Å²) in [5.41, 5.74) is 7.57. The highest BCUT2D eigenvalue weighted by molar-refractivity contribution is 9.10. The van der Waals surface area contributed by atoms with Crippen molar-refractivity contribution in [1.82, 2.24) is 14.8 Å². The van der Waals surface area contributed by atoms with Crippen LogP contribution in [0.5, 0.6) is 0 Å². The van der Waals surface area contributed by atoms with Gasteiger partial charge in [-0.2, -0.15) is 0 Å². The van der Waals surface area contributed by atoms with Crippen molar-refractivity contribution >= 4 is 21.6 Å². The minimum absolute atomic E-state index is 0.553. The molecular weight excluding hydrogens is 280 g/mol. The first kappa shape index (κ1) is 12.1. The summed E-state index contributed by atoms with van der Waals surface area (Å²) in [7, 11) is 0. The van der Waals surface area contributed by atoms with Crippen molar-refractivity contribution in [2.45, 2.75) is 20.4 Å². The van der Waals surface area contributed by atoms with Crippen LogP contribution in [-0.2, 0) is 6.54 Å². The molecule has 90 valence electrons. The monoisotopic (exact) mass is 294 g/mol. The van der Waals surface area contributed by atoms with Gasteiger partial charge in [-0.3, -0.25) is 0 Å². The first-order valence-corrected chi connectivity index (χ1v) is 6.30. The van der Waals surface area contributed by atoms with Crippen LogP contribution in [0.3, 0.4) is 0 Å². The van der Waals surface area contributed by atoms with Crippen LogP contribution in [0.1, 0.15) is 13.8 Å². The van der Waals surface area contributed by atoms with E-state index < -0.39 is 0 Å². The Morgan fingerprint density at radius 3 is 2.82 bits per heavy atom. The maximum atomic E-state index is 5.87. The van der Waals surface area contributed by atoms with Crippen LogP contribution in [0.15, 0.2) is 29.0 Å². The normalized spacial score (nSPS) is 11.1. The number of halogens is 1. The van der Waals surface area contributed by atoms with Gasteiger partial charge in [0.05, 0.1) is 0 Å².